The molecule has 1 N–H and O–H groups in total. The van der Waals surface area contributed by atoms with Gasteiger partial charge in [-0.1, -0.05) is 6.92 Å². The van der Waals surface area contributed by atoms with Crippen LogP contribution in [0, 0.1) is 17.8 Å². The lowest BCUT2D eigenvalue weighted by Crippen LogP contribution is -2.42. The number of carbonyl (C=O) groups is 3. The van der Waals surface area contributed by atoms with Crippen molar-refractivity contribution in [2.75, 3.05) is 13.0 Å². The van der Waals surface area contributed by atoms with Crippen molar-refractivity contribution in [2.45, 2.75) is 26.1 Å². The molecular formula is C14H18ClNO6. The van der Waals surface area contributed by atoms with Crippen molar-refractivity contribution in [3.05, 3.63) is 11.8 Å². The van der Waals surface area contributed by atoms with Gasteiger partial charge in [0.1, 0.15) is 5.88 Å². The Morgan fingerprint density at radius 3 is 2.77 bits per heavy atom. The minimum atomic E-state index is -0.914. The zero-order chi connectivity index (χ0) is 16.3. The first-order valence-electron chi connectivity index (χ1n) is 6.98. The molecule has 4 atom stereocenters. The van der Waals surface area contributed by atoms with Gasteiger partial charge in [-0.15, -0.1) is 11.6 Å². The average Bonchev–Trinajstić information content (AvgIpc) is 2.89. The number of rotatable bonds is 3. The van der Waals surface area contributed by atoms with Gasteiger partial charge < -0.3 is 14.2 Å². The summed E-state index contributed by atoms with van der Waals surface area (Å²) < 4.78 is 15.3. The molecule has 1 aliphatic heterocycles. The van der Waals surface area contributed by atoms with Crippen LogP contribution in [0.1, 0.15) is 19.8 Å². The van der Waals surface area contributed by atoms with E-state index in [1.807, 2.05) is 12.2 Å². The number of halogens is 1. The first-order valence-corrected chi connectivity index (χ1v) is 7.51. The van der Waals surface area contributed by atoms with Gasteiger partial charge in [0.05, 0.1) is 18.9 Å². The maximum atomic E-state index is 11.8. The summed E-state index contributed by atoms with van der Waals surface area (Å²) in [6, 6.07) is 0. The van der Waals surface area contributed by atoms with Crippen molar-refractivity contribution in [3.8, 4) is 0 Å². The van der Waals surface area contributed by atoms with Gasteiger partial charge in [-0.05, 0) is 18.8 Å². The van der Waals surface area contributed by atoms with Crippen LogP contribution in [0.2, 0.25) is 0 Å². The lowest BCUT2D eigenvalue weighted by Gasteiger charge is -2.34. The minimum Gasteiger partial charge on any atom is -0.466 e. The van der Waals surface area contributed by atoms with Crippen LogP contribution in [0.15, 0.2) is 11.8 Å². The molecule has 4 unspecified atom stereocenters. The second-order valence-corrected chi connectivity index (χ2v) is 5.66. The van der Waals surface area contributed by atoms with E-state index in [4.69, 9.17) is 25.8 Å². The molecule has 7 nitrogen and oxygen atoms in total. The van der Waals surface area contributed by atoms with Gasteiger partial charge in [0.25, 0.3) is 0 Å². The van der Waals surface area contributed by atoms with Crippen LogP contribution in [0.4, 0.5) is 4.79 Å². The van der Waals surface area contributed by atoms with Gasteiger partial charge >= 0.3 is 12.1 Å². The molecule has 1 saturated carbocycles. The Labute approximate surface area is 132 Å². The molecule has 22 heavy (non-hydrogen) atoms. The first kappa shape index (κ1) is 16.6. The van der Waals surface area contributed by atoms with Gasteiger partial charge in [0, 0.05) is 11.8 Å². The summed E-state index contributed by atoms with van der Waals surface area (Å²) >= 11 is 5.31. The molecule has 0 aromatic carbocycles. The fourth-order valence-electron chi connectivity index (χ4n) is 3.07. The highest BCUT2D eigenvalue weighted by atomic mass is 35.5. The van der Waals surface area contributed by atoms with Crippen LogP contribution in [-0.4, -0.2) is 37.2 Å². The van der Waals surface area contributed by atoms with E-state index >= 15 is 0 Å². The third-order valence-electron chi connectivity index (χ3n) is 4.10. The Morgan fingerprint density at radius 2 is 2.14 bits per heavy atom. The van der Waals surface area contributed by atoms with Crippen molar-refractivity contribution in [1.82, 2.24) is 5.32 Å². The summed E-state index contributed by atoms with van der Waals surface area (Å²) in [5, 5.41) is 1.99. The summed E-state index contributed by atoms with van der Waals surface area (Å²) in [6.07, 6.45) is 1.20. The zero-order valence-electron chi connectivity index (χ0n) is 12.3. The fourth-order valence-corrected chi connectivity index (χ4v) is 3.14. The van der Waals surface area contributed by atoms with E-state index in [0.29, 0.717) is 5.57 Å². The van der Waals surface area contributed by atoms with Gasteiger partial charge in [-0.25, -0.2) is 9.59 Å². The number of imide groups is 1. The molecule has 0 aromatic rings. The summed E-state index contributed by atoms with van der Waals surface area (Å²) in [7, 11) is 1.31. The first-order chi connectivity index (χ1) is 10.5. The van der Waals surface area contributed by atoms with Crippen molar-refractivity contribution in [2.24, 2.45) is 17.8 Å². The SMILES string of the molecule is COC(=O)C1=COC(OC(=O)NC(=O)CCl)C2C(C)CCC12. The van der Waals surface area contributed by atoms with Crippen LogP contribution >= 0.6 is 11.6 Å². The van der Waals surface area contributed by atoms with Crippen molar-refractivity contribution < 1.29 is 28.6 Å². The Morgan fingerprint density at radius 1 is 1.41 bits per heavy atom. The molecule has 2 rings (SSSR count). The number of amides is 2. The Bertz CT molecular complexity index is 506. The Hall–Kier alpha value is -1.76. The van der Waals surface area contributed by atoms with E-state index in [9.17, 15) is 14.4 Å². The molecule has 0 spiro atoms. The number of methoxy groups -OCH3 is 1. The van der Waals surface area contributed by atoms with E-state index < -0.39 is 24.3 Å². The molecule has 1 aliphatic carbocycles. The quantitative estimate of drug-likeness (QED) is 0.623. The van der Waals surface area contributed by atoms with Crippen molar-refractivity contribution in [1.29, 1.82) is 0 Å². The maximum absolute atomic E-state index is 11.8. The number of ether oxygens (including phenoxy) is 3. The van der Waals surface area contributed by atoms with Gasteiger partial charge in [-0.3, -0.25) is 10.1 Å². The lowest BCUT2D eigenvalue weighted by atomic mass is 9.83. The Balaban J connectivity index is 2.10. The van der Waals surface area contributed by atoms with Crippen LogP contribution in [0.3, 0.4) is 0 Å². The molecule has 122 valence electrons. The Kier molecular flexibility index (Phi) is 5.28. The monoisotopic (exact) mass is 331 g/mol. The van der Waals surface area contributed by atoms with E-state index in [-0.39, 0.29) is 23.6 Å². The molecule has 0 bridgehead atoms. The highest BCUT2D eigenvalue weighted by Crippen LogP contribution is 2.46. The molecule has 0 radical (unpaired) electrons. The molecule has 8 heteroatoms. The van der Waals surface area contributed by atoms with E-state index in [1.54, 1.807) is 0 Å². The van der Waals surface area contributed by atoms with Gasteiger partial charge in [0.15, 0.2) is 0 Å². The van der Waals surface area contributed by atoms with Crippen LogP contribution in [0.5, 0.6) is 0 Å². The number of hydrogen-bond donors (Lipinski definition) is 1. The molecular weight excluding hydrogens is 314 g/mol. The normalized spacial score (nSPS) is 29.7. The molecule has 2 amide bonds. The van der Waals surface area contributed by atoms with Crippen LogP contribution in [0.25, 0.3) is 0 Å². The number of alkyl halides is 1. The molecule has 0 saturated heterocycles. The topological polar surface area (TPSA) is 90.9 Å². The van der Waals surface area contributed by atoms with E-state index in [0.717, 1.165) is 12.8 Å². The number of alkyl carbamates (subject to hydrolysis) is 1. The third kappa shape index (κ3) is 3.35. The van der Waals surface area contributed by atoms with E-state index in [2.05, 4.69) is 0 Å². The van der Waals surface area contributed by atoms with E-state index in [1.165, 1.54) is 13.4 Å². The summed E-state index contributed by atoms with van der Waals surface area (Å²) in [5.74, 6) is -1.46. The number of hydrogen-bond acceptors (Lipinski definition) is 6. The summed E-state index contributed by atoms with van der Waals surface area (Å²) in [6.45, 7) is 2.01. The van der Waals surface area contributed by atoms with Crippen LogP contribution in [-0.2, 0) is 23.8 Å². The molecule has 1 fully saturated rings. The fraction of sp³-hybridized carbons (Fsp3) is 0.643. The molecule has 1 heterocycles. The second-order valence-electron chi connectivity index (χ2n) is 5.39. The van der Waals surface area contributed by atoms with Crippen molar-refractivity contribution >= 4 is 29.6 Å². The number of fused-ring (bicyclic) bond motifs is 1. The largest absolute Gasteiger partial charge is 0.466 e. The standard InChI is InChI=1S/C14H18ClNO6/c1-7-3-4-8-9(12(18)20-2)6-21-13(11(7)8)22-14(19)16-10(17)5-15/h6-8,11,13H,3-5H2,1-2H3,(H,16,17,19). The van der Waals surface area contributed by atoms with Gasteiger partial charge in [0.2, 0.25) is 12.2 Å². The zero-order valence-corrected chi connectivity index (χ0v) is 13.1. The minimum absolute atomic E-state index is 0.0854. The average molecular weight is 332 g/mol. The summed E-state index contributed by atoms with van der Waals surface area (Å²) in [5.41, 5.74) is 0.453. The van der Waals surface area contributed by atoms with Crippen LogP contribution < -0.4 is 5.32 Å². The number of carbonyl (C=O) groups excluding carboxylic acids is 3. The second kappa shape index (κ2) is 7.00. The highest BCUT2D eigenvalue weighted by molar-refractivity contribution is 6.28. The number of nitrogens with one attached hydrogen (secondary N) is 1. The smallest absolute Gasteiger partial charge is 0.416 e. The maximum Gasteiger partial charge on any atom is 0.416 e. The molecule has 2 aliphatic rings. The van der Waals surface area contributed by atoms with Gasteiger partial charge in [-0.2, -0.15) is 0 Å². The predicted octanol–water partition coefficient (Wildman–Crippen LogP) is 1.55. The highest BCUT2D eigenvalue weighted by Gasteiger charge is 2.48. The summed E-state index contributed by atoms with van der Waals surface area (Å²) in [4.78, 5) is 34.5. The van der Waals surface area contributed by atoms with Crippen molar-refractivity contribution in [3.63, 3.8) is 0 Å². The predicted molar refractivity (Wildman–Crippen MR) is 75.7 cm³/mol. The third-order valence-corrected chi connectivity index (χ3v) is 4.35. The lowest BCUT2D eigenvalue weighted by molar-refractivity contribution is -0.145. The molecule has 0 aromatic heterocycles. The number of esters is 1.